The maximum Gasteiger partial charge on any atom is 0.260 e. The summed E-state index contributed by atoms with van der Waals surface area (Å²) >= 11 is 13.6. The van der Waals surface area contributed by atoms with Crippen LogP contribution in [0.2, 0.25) is 10.0 Å². The van der Waals surface area contributed by atoms with E-state index >= 15 is 0 Å². The van der Waals surface area contributed by atoms with Crippen molar-refractivity contribution in [2.24, 2.45) is 0 Å². The molecule has 28 heavy (non-hydrogen) atoms. The van der Waals surface area contributed by atoms with Gasteiger partial charge in [-0.1, -0.05) is 29.3 Å². The number of methoxy groups -OCH3 is 1. The molecule has 1 fully saturated rings. The maximum absolute atomic E-state index is 13.1. The van der Waals surface area contributed by atoms with Gasteiger partial charge in [-0.05, 0) is 30.7 Å². The van der Waals surface area contributed by atoms with Gasteiger partial charge in [-0.2, -0.15) is 0 Å². The summed E-state index contributed by atoms with van der Waals surface area (Å²) in [5.41, 5.74) is 1.13. The third-order valence-corrected chi connectivity index (χ3v) is 6.82. The highest BCUT2D eigenvalue weighted by Crippen LogP contribution is 2.35. The van der Waals surface area contributed by atoms with Crippen LogP contribution in [0.1, 0.15) is 6.92 Å². The Balaban J connectivity index is 1.66. The van der Waals surface area contributed by atoms with Crippen LogP contribution in [0, 0.1) is 0 Å². The Morgan fingerprint density at radius 3 is 2.68 bits per heavy atom. The molecule has 0 radical (unpaired) electrons. The monoisotopic (exact) mass is 436 g/mol. The molecule has 146 valence electrons. The minimum atomic E-state index is -0.293. The molecule has 4 rings (SSSR count). The first-order valence-electron chi connectivity index (χ1n) is 8.70. The first kappa shape index (κ1) is 19.5. The van der Waals surface area contributed by atoms with E-state index in [4.69, 9.17) is 27.9 Å². The highest BCUT2D eigenvalue weighted by atomic mass is 35.5. The first-order chi connectivity index (χ1) is 13.3. The topological polar surface area (TPSA) is 51.5 Å². The van der Waals surface area contributed by atoms with E-state index in [1.807, 2.05) is 24.4 Å². The third kappa shape index (κ3) is 3.35. The number of hydrogen-bond donors (Lipinski definition) is 0. The minimum absolute atomic E-state index is 0.00519. The number of amides is 1. The molecular formula is C20H18Cl2N2O3S. The Morgan fingerprint density at radius 1 is 1.25 bits per heavy atom. The zero-order valence-corrected chi connectivity index (χ0v) is 17.7. The highest BCUT2D eigenvalue weighted by Gasteiger charge is 2.41. The van der Waals surface area contributed by atoms with Gasteiger partial charge in [-0.25, -0.2) is 0 Å². The number of carbonyl (C=O) groups is 1. The number of nitrogens with zero attached hydrogens (tertiary/aromatic N) is 2. The van der Waals surface area contributed by atoms with Crippen LogP contribution >= 0.6 is 34.5 Å². The normalized spacial score (nSPS) is 15.6. The number of fused-ring (bicyclic) bond motifs is 1. The zero-order chi connectivity index (χ0) is 20.1. The fourth-order valence-electron chi connectivity index (χ4n) is 3.40. The van der Waals surface area contributed by atoms with Crippen molar-refractivity contribution in [3.63, 3.8) is 0 Å². The van der Waals surface area contributed by atoms with Crippen molar-refractivity contribution in [1.29, 1.82) is 0 Å². The van der Waals surface area contributed by atoms with Crippen molar-refractivity contribution in [3.05, 3.63) is 56.2 Å². The number of likely N-dealkylation sites (tertiary alicyclic amines) is 1. The molecule has 0 aliphatic carbocycles. The van der Waals surface area contributed by atoms with Gasteiger partial charge in [0, 0.05) is 29.0 Å². The number of hydrogen-bond acceptors (Lipinski definition) is 4. The van der Waals surface area contributed by atoms with E-state index in [0.29, 0.717) is 28.5 Å². The van der Waals surface area contributed by atoms with E-state index in [-0.39, 0.29) is 23.6 Å². The summed E-state index contributed by atoms with van der Waals surface area (Å²) in [5.74, 6) is -0.0951. The summed E-state index contributed by atoms with van der Waals surface area (Å²) in [7, 11) is 1.64. The van der Waals surface area contributed by atoms with Crippen LogP contribution in [-0.2, 0) is 16.1 Å². The summed E-state index contributed by atoms with van der Waals surface area (Å²) in [6.45, 7) is 3.04. The van der Waals surface area contributed by atoms with E-state index in [0.717, 1.165) is 15.8 Å². The maximum atomic E-state index is 13.1. The van der Waals surface area contributed by atoms with Gasteiger partial charge < -0.3 is 14.2 Å². The molecule has 0 unspecified atom stereocenters. The molecule has 1 amide bonds. The lowest BCUT2D eigenvalue weighted by Gasteiger charge is -2.46. The molecule has 0 spiro atoms. The van der Waals surface area contributed by atoms with Gasteiger partial charge in [0.15, 0.2) is 0 Å². The van der Waals surface area contributed by atoms with Gasteiger partial charge in [0.2, 0.25) is 5.91 Å². The van der Waals surface area contributed by atoms with Crippen molar-refractivity contribution in [1.82, 2.24) is 9.47 Å². The number of thiophene rings is 1. The number of carbonyl (C=O) groups excluding carboxylic acids is 1. The Morgan fingerprint density at radius 2 is 2.00 bits per heavy atom. The quantitative estimate of drug-likeness (QED) is 0.612. The average Bonchev–Trinajstić information content (AvgIpc) is 3.08. The smallest absolute Gasteiger partial charge is 0.260 e. The van der Waals surface area contributed by atoms with E-state index in [9.17, 15) is 9.59 Å². The summed E-state index contributed by atoms with van der Waals surface area (Å²) in [5, 5.41) is 3.41. The van der Waals surface area contributed by atoms with Gasteiger partial charge in [0.05, 0.1) is 34.1 Å². The van der Waals surface area contributed by atoms with Crippen LogP contribution in [-0.4, -0.2) is 41.2 Å². The van der Waals surface area contributed by atoms with Crippen molar-refractivity contribution < 1.29 is 9.53 Å². The lowest BCUT2D eigenvalue weighted by molar-refractivity contribution is -0.158. The van der Waals surface area contributed by atoms with Crippen LogP contribution in [0.4, 0.5) is 0 Å². The van der Waals surface area contributed by atoms with Crippen molar-refractivity contribution in [3.8, 4) is 11.1 Å². The molecule has 1 aliphatic rings. The number of halogens is 2. The Hall–Kier alpha value is -1.86. The highest BCUT2D eigenvalue weighted by molar-refractivity contribution is 7.17. The van der Waals surface area contributed by atoms with Crippen LogP contribution < -0.4 is 5.56 Å². The standard InChI is InChI=1S/C20H18Cl2N2O3S/c1-20(27-2)10-24(11-20)17(25)8-23-6-5-16-18(19(23)26)13(9-28-16)12-3-4-14(21)15(22)7-12/h3-7,9H,8,10-11H2,1-2H3. The van der Waals surface area contributed by atoms with Gasteiger partial charge >= 0.3 is 0 Å². The van der Waals surface area contributed by atoms with Crippen LogP contribution in [0.15, 0.2) is 40.6 Å². The number of benzene rings is 1. The summed E-state index contributed by atoms with van der Waals surface area (Å²) in [4.78, 5) is 27.3. The fraction of sp³-hybridized carbons (Fsp3) is 0.300. The molecule has 0 N–H and O–H groups in total. The van der Waals surface area contributed by atoms with Gasteiger partial charge in [0.1, 0.15) is 6.54 Å². The lowest BCUT2D eigenvalue weighted by Crippen LogP contribution is -2.63. The zero-order valence-electron chi connectivity index (χ0n) is 15.4. The van der Waals surface area contributed by atoms with E-state index < -0.39 is 0 Å². The second-order valence-electron chi connectivity index (χ2n) is 7.17. The Kier molecular flexibility index (Phi) is 5.00. The van der Waals surface area contributed by atoms with E-state index in [2.05, 4.69) is 0 Å². The predicted molar refractivity (Wildman–Crippen MR) is 114 cm³/mol. The van der Waals surface area contributed by atoms with Crippen LogP contribution in [0.5, 0.6) is 0 Å². The van der Waals surface area contributed by atoms with Crippen molar-refractivity contribution >= 4 is 50.5 Å². The number of aromatic nitrogens is 1. The lowest BCUT2D eigenvalue weighted by atomic mass is 9.96. The molecule has 1 aromatic carbocycles. The van der Waals surface area contributed by atoms with Crippen LogP contribution in [0.3, 0.4) is 0 Å². The molecule has 3 aromatic rings. The molecule has 3 heterocycles. The first-order valence-corrected chi connectivity index (χ1v) is 10.3. The molecule has 1 aliphatic heterocycles. The third-order valence-electron chi connectivity index (χ3n) is 5.13. The number of pyridine rings is 1. The molecule has 8 heteroatoms. The van der Waals surface area contributed by atoms with E-state index in [1.165, 1.54) is 15.9 Å². The largest absolute Gasteiger partial charge is 0.375 e. The average molecular weight is 437 g/mol. The molecule has 5 nitrogen and oxygen atoms in total. The SMILES string of the molecule is COC1(C)CN(C(=O)Cn2ccc3scc(-c4ccc(Cl)c(Cl)c4)c3c2=O)C1. The molecular weight excluding hydrogens is 419 g/mol. The van der Waals surface area contributed by atoms with Crippen LogP contribution in [0.25, 0.3) is 21.2 Å². The Bertz CT molecular complexity index is 1130. The Labute approximate surface area is 176 Å². The van der Waals surface area contributed by atoms with Crippen molar-refractivity contribution in [2.75, 3.05) is 20.2 Å². The summed E-state index contributed by atoms with van der Waals surface area (Å²) in [6, 6.07) is 7.16. The number of rotatable bonds is 4. The second kappa shape index (κ2) is 7.19. The van der Waals surface area contributed by atoms with Gasteiger partial charge in [-0.3, -0.25) is 9.59 Å². The van der Waals surface area contributed by atoms with Gasteiger partial charge in [-0.15, -0.1) is 11.3 Å². The second-order valence-corrected chi connectivity index (χ2v) is 8.90. The molecule has 0 saturated carbocycles. The molecule has 0 atom stereocenters. The minimum Gasteiger partial charge on any atom is -0.375 e. The fourth-order valence-corrected chi connectivity index (χ4v) is 4.65. The predicted octanol–water partition coefficient (Wildman–Crippen LogP) is 4.28. The summed E-state index contributed by atoms with van der Waals surface area (Å²) in [6.07, 6.45) is 1.67. The number of ether oxygens (including phenoxy) is 1. The molecule has 2 aromatic heterocycles. The van der Waals surface area contributed by atoms with Crippen molar-refractivity contribution in [2.45, 2.75) is 19.1 Å². The van der Waals surface area contributed by atoms with Gasteiger partial charge in [0.25, 0.3) is 5.56 Å². The summed E-state index contributed by atoms with van der Waals surface area (Å²) < 4.78 is 7.70. The molecule has 1 saturated heterocycles. The molecule has 0 bridgehead atoms. The van der Waals surface area contributed by atoms with E-state index in [1.54, 1.807) is 30.3 Å².